The summed E-state index contributed by atoms with van der Waals surface area (Å²) >= 11 is 6.06. The Balaban J connectivity index is 3.33. The summed E-state index contributed by atoms with van der Waals surface area (Å²) < 4.78 is 0. The van der Waals surface area contributed by atoms with E-state index < -0.39 is 11.9 Å². The van der Waals surface area contributed by atoms with Crippen molar-refractivity contribution in [1.29, 1.82) is 0 Å². The lowest BCUT2D eigenvalue weighted by Crippen LogP contribution is -2.15. The van der Waals surface area contributed by atoms with Crippen LogP contribution >= 0.6 is 11.6 Å². The van der Waals surface area contributed by atoms with Crippen molar-refractivity contribution in [2.24, 2.45) is 5.41 Å². The number of carboxylic acids is 2. The molecule has 0 saturated heterocycles. The third kappa shape index (κ3) is 3.70. The molecule has 0 aliphatic rings. The number of hydrogen-bond donors (Lipinski definition) is 2. The monoisotopic (exact) mass is 284 g/mol. The van der Waals surface area contributed by atoms with Crippen molar-refractivity contribution in [3.8, 4) is 0 Å². The average molecular weight is 285 g/mol. The van der Waals surface area contributed by atoms with Gasteiger partial charge >= 0.3 is 11.9 Å². The van der Waals surface area contributed by atoms with Crippen molar-refractivity contribution in [2.75, 3.05) is 0 Å². The summed E-state index contributed by atoms with van der Waals surface area (Å²) in [6.45, 7) is 6.14. The molecule has 0 saturated carbocycles. The van der Waals surface area contributed by atoms with Gasteiger partial charge < -0.3 is 10.2 Å². The van der Waals surface area contributed by atoms with Gasteiger partial charge in [0, 0.05) is 5.02 Å². The maximum absolute atomic E-state index is 11.1. The van der Waals surface area contributed by atoms with E-state index in [4.69, 9.17) is 21.8 Å². The highest BCUT2D eigenvalue weighted by Gasteiger charge is 2.22. The Hall–Kier alpha value is -1.55. The molecule has 0 spiro atoms. The first-order valence-corrected chi connectivity index (χ1v) is 6.34. The second kappa shape index (κ2) is 5.61. The van der Waals surface area contributed by atoms with Gasteiger partial charge in [-0.05, 0) is 29.5 Å². The summed E-state index contributed by atoms with van der Waals surface area (Å²) in [5.74, 6) is -2.55. The van der Waals surface area contributed by atoms with Crippen molar-refractivity contribution in [3.05, 3.63) is 33.8 Å². The molecule has 0 aliphatic heterocycles. The highest BCUT2D eigenvalue weighted by atomic mass is 35.5. The Morgan fingerprint density at radius 3 is 2.05 bits per heavy atom. The second-order valence-electron chi connectivity index (χ2n) is 5.29. The molecular formula is C14H17ClO4. The van der Waals surface area contributed by atoms with E-state index in [1.165, 1.54) is 12.1 Å². The lowest BCUT2D eigenvalue weighted by atomic mass is 9.82. The number of aromatic carboxylic acids is 2. The average Bonchev–Trinajstić information content (AvgIpc) is 2.30. The normalized spacial score (nSPS) is 11.4. The molecule has 0 atom stereocenters. The van der Waals surface area contributed by atoms with Gasteiger partial charge in [0.15, 0.2) is 0 Å². The van der Waals surface area contributed by atoms with Crippen LogP contribution in [-0.2, 0) is 6.42 Å². The Morgan fingerprint density at radius 1 is 1.16 bits per heavy atom. The van der Waals surface area contributed by atoms with Crippen LogP contribution in [-0.4, -0.2) is 22.2 Å². The number of carboxylic acid groups (broad SMARTS) is 2. The first-order valence-electron chi connectivity index (χ1n) is 5.97. The smallest absolute Gasteiger partial charge is 0.336 e. The second-order valence-corrected chi connectivity index (χ2v) is 5.70. The van der Waals surface area contributed by atoms with Crippen LogP contribution in [0.25, 0.3) is 0 Å². The maximum atomic E-state index is 11.1. The van der Waals surface area contributed by atoms with Crippen LogP contribution in [0.5, 0.6) is 0 Å². The summed E-state index contributed by atoms with van der Waals surface area (Å²) in [5, 5.41) is 18.4. The first-order chi connectivity index (χ1) is 8.68. The minimum Gasteiger partial charge on any atom is -0.478 e. The molecule has 4 nitrogen and oxygen atoms in total. The largest absolute Gasteiger partial charge is 0.478 e. The van der Waals surface area contributed by atoms with Gasteiger partial charge in [0.2, 0.25) is 0 Å². The van der Waals surface area contributed by atoms with E-state index in [0.29, 0.717) is 17.0 Å². The fourth-order valence-electron chi connectivity index (χ4n) is 1.75. The van der Waals surface area contributed by atoms with E-state index in [1.807, 2.05) is 6.92 Å². The van der Waals surface area contributed by atoms with Crippen LogP contribution in [0.1, 0.15) is 53.5 Å². The van der Waals surface area contributed by atoms with Crippen molar-refractivity contribution in [3.63, 3.8) is 0 Å². The van der Waals surface area contributed by atoms with Gasteiger partial charge in [0.1, 0.15) is 0 Å². The summed E-state index contributed by atoms with van der Waals surface area (Å²) in [6.07, 6.45) is 1.51. The zero-order chi connectivity index (χ0) is 14.8. The molecule has 5 heteroatoms. The van der Waals surface area contributed by atoms with Crippen LogP contribution in [0.3, 0.4) is 0 Å². The lowest BCUT2D eigenvalue weighted by Gasteiger charge is -2.23. The van der Waals surface area contributed by atoms with Crippen molar-refractivity contribution >= 4 is 23.5 Å². The Bertz CT molecular complexity index is 520. The van der Waals surface area contributed by atoms with Gasteiger partial charge in [-0.3, -0.25) is 0 Å². The Kier molecular flexibility index (Phi) is 4.58. The van der Waals surface area contributed by atoms with E-state index in [2.05, 4.69) is 13.8 Å². The highest BCUT2D eigenvalue weighted by molar-refractivity contribution is 6.32. The molecule has 0 aliphatic carbocycles. The number of benzene rings is 1. The van der Waals surface area contributed by atoms with Gasteiger partial charge in [0.25, 0.3) is 0 Å². The number of halogens is 1. The third-order valence-electron chi connectivity index (χ3n) is 3.27. The molecule has 1 aromatic rings. The van der Waals surface area contributed by atoms with Gasteiger partial charge in [-0.15, -0.1) is 0 Å². The lowest BCUT2D eigenvalue weighted by molar-refractivity contribution is 0.0651. The van der Waals surface area contributed by atoms with Crippen LogP contribution < -0.4 is 0 Å². The molecule has 1 aromatic carbocycles. The zero-order valence-corrected chi connectivity index (χ0v) is 11.9. The Morgan fingerprint density at radius 2 is 1.63 bits per heavy atom. The molecule has 0 bridgehead atoms. The summed E-state index contributed by atoms with van der Waals surface area (Å²) in [7, 11) is 0. The molecular weight excluding hydrogens is 268 g/mol. The summed E-state index contributed by atoms with van der Waals surface area (Å²) in [5.41, 5.74) is 0.134. The Labute approximate surface area is 117 Å². The van der Waals surface area contributed by atoms with Crippen LogP contribution in [0.4, 0.5) is 0 Å². The zero-order valence-electron chi connectivity index (χ0n) is 11.2. The fraction of sp³-hybridized carbons (Fsp3) is 0.429. The SMILES string of the molecule is CCC(C)(C)Cc1cc(C(=O)O)c(C(=O)O)cc1Cl. The van der Waals surface area contributed by atoms with Gasteiger partial charge in [0.05, 0.1) is 11.1 Å². The van der Waals surface area contributed by atoms with E-state index in [0.717, 1.165) is 6.42 Å². The number of carbonyl (C=O) groups is 2. The van der Waals surface area contributed by atoms with E-state index in [-0.39, 0.29) is 16.5 Å². The van der Waals surface area contributed by atoms with Gasteiger partial charge in [-0.2, -0.15) is 0 Å². The quantitative estimate of drug-likeness (QED) is 0.864. The molecule has 0 radical (unpaired) electrons. The molecule has 104 valence electrons. The number of rotatable bonds is 5. The molecule has 0 amide bonds. The molecule has 0 fully saturated rings. The standard InChI is InChI=1S/C14H17ClO4/c1-4-14(2,3)7-8-5-9(12(16)17)10(13(18)19)6-11(8)15/h5-6H,4,7H2,1-3H3,(H,16,17)(H,18,19). The van der Waals surface area contributed by atoms with E-state index >= 15 is 0 Å². The third-order valence-corrected chi connectivity index (χ3v) is 3.63. The minimum absolute atomic E-state index is 0.0237. The molecule has 1 rings (SSSR count). The van der Waals surface area contributed by atoms with Gasteiger partial charge in [-0.25, -0.2) is 9.59 Å². The van der Waals surface area contributed by atoms with Gasteiger partial charge in [-0.1, -0.05) is 38.8 Å². The van der Waals surface area contributed by atoms with E-state index in [9.17, 15) is 9.59 Å². The summed E-state index contributed by atoms with van der Waals surface area (Å²) in [6, 6.07) is 2.58. The van der Waals surface area contributed by atoms with Crippen LogP contribution in [0.2, 0.25) is 5.02 Å². The predicted octanol–water partition coefficient (Wildman–Crippen LogP) is 3.72. The molecule has 0 unspecified atom stereocenters. The highest BCUT2D eigenvalue weighted by Crippen LogP contribution is 2.31. The van der Waals surface area contributed by atoms with Crippen LogP contribution in [0.15, 0.2) is 12.1 Å². The van der Waals surface area contributed by atoms with Crippen molar-refractivity contribution < 1.29 is 19.8 Å². The predicted molar refractivity (Wildman–Crippen MR) is 73.1 cm³/mol. The molecule has 0 aromatic heterocycles. The molecule has 0 heterocycles. The van der Waals surface area contributed by atoms with E-state index in [1.54, 1.807) is 0 Å². The first kappa shape index (κ1) is 15.5. The summed E-state index contributed by atoms with van der Waals surface area (Å²) in [4.78, 5) is 22.1. The fourth-order valence-corrected chi connectivity index (χ4v) is 1.98. The maximum Gasteiger partial charge on any atom is 0.336 e. The van der Waals surface area contributed by atoms with Crippen molar-refractivity contribution in [2.45, 2.75) is 33.6 Å². The minimum atomic E-state index is -1.29. The number of hydrogen-bond acceptors (Lipinski definition) is 2. The topological polar surface area (TPSA) is 74.6 Å². The molecule has 19 heavy (non-hydrogen) atoms. The van der Waals surface area contributed by atoms with Crippen LogP contribution in [0, 0.1) is 5.41 Å². The van der Waals surface area contributed by atoms with Crippen molar-refractivity contribution in [1.82, 2.24) is 0 Å². The molecule has 2 N–H and O–H groups in total.